The number of halogens is 1. The first-order valence-corrected chi connectivity index (χ1v) is 12.3. The molecular weight excluding hydrogens is 479 g/mol. The van der Waals surface area contributed by atoms with Crippen LogP contribution >= 0.6 is 0 Å². The van der Waals surface area contributed by atoms with Gasteiger partial charge in [0.1, 0.15) is 18.5 Å². The van der Waals surface area contributed by atoms with E-state index < -0.39 is 5.82 Å². The zero-order chi connectivity index (χ0) is 25.7. The first kappa shape index (κ1) is 23.7. The van der Waals surface area contributed by atoms with Crippen molar-refractivity contribution in [3.8, 4) is 22.8 Å². The average molecular weight is 509 g/mol. The molecule has 3 aliphatic rings. The van der Waals surface area contributed by atoms with Crippen LogP contribution in [0.2, 0.25) is 0 Å². The number of amides is 1. The van der Waals surface area contributed by atoms with Crippen LogP contribution in [0.15, 0.2) is 36.7 Å². The third-order valence-electron chi connectivity index (χ3n) is 6.97. The molecule has 3 unspecified atom stereocenters. The number of hydrogen-bond donors (Lipinski definition) is 3. The summed E-state index contributed by atoms with van der Waals surface area (Å²) in [4.78, 5) is 20.8. The molecule has 10 heteroatoms. The van der Waals surface area contributed by atoms with Gasteiger partial charge < -0.3 is 34.6 Å². The smallest absolute Gasteiger partial charge is 0.255 e. The topological polar surface area (TPSA) is 107 Å². The first-order chi connectivity index (χ1) is 17.8. The summed E-state index contributed by atoms with van der Waals surface area (Å²) in [6, 6.07) is 6.57. The van der Waals surface area contributed by atoms with Crippen LogP contribution in [0.5, 0.6) is 11.5 Å². The summed E-state index contributed by atoms with van der Waals surface area (Å²) >= 11 is 0. The quantitative estimate of drug-likeness (QED) is 0.440. The Balaban J connectivity index is 1.37. The third-order valence-corrected chi connectivity index (χ3v) is 6.97. The van der Waals surface area contributed by atoms with Gasteiger partial charge in [-0.3, -0.25) is 9.78 Å². The van der Waals surface area contributed by atoms with Gasteiger partial charge in [-0.15, -0.1) is 0 Å². The van der Waals surface area contributed by atoms with Crippen molar-refractivity contribution < 1.29 is 28.1 Å². The minimum atomic E-state index is -0.504. The van der Waals surface area contributed by atoms with Crippen LogP contribution in [-0.2, 0) is 9.47 Å². The molecule has 0 spiro atoms. The van der Waals surface area contributed by atoms with Gasteiger partial charge in [0, 0.05) is 29.4 Å². The lowest BCUT2D eigenvalue weighted by molar-refractivity contribution is -0.181. The summed E-state index contributed by atoms with van der Waals surface area (Å²) in [7, 11) is 1.41. The summed E-state index contributed by atoms with van der Waals surface area (Å²) in [5.74, 6) is 0.111. The molecule has 2 aromatic heterocycles. The molecule has 1 amide bonds. The minimum Gasteiger partial charge on any atom is -0.492 e. The highest BCUT2D eigenvalue weighted by molar-refractivity contribution is 6.07. The molecule has 3 aromatic rings. The third kappa shape index (κ3) is 4.40. The molecular formula is C27H29FN4O5. The second-order valence-electron chi connectivity index (χ2n) is 10.2. The molecule has 1 saturated carbocycles. The van der Waals surface area contributed by atoms with Crippen LogP contribution in [0.4, 0.5) is 15.8 Å². The van der Waals surface area contributed by atoms with Crippen LogP contribution < -0.4 is 20.1 Å². The van der Waals surface area contributed by atoms with E-state index >= 15 is 0 Å². The van der Waals surface area contributed by atoms with E-state index in [-0.39, 0.29) is 41.9 Å². The van der Waals surface area contributed by atoms with Crippen LogP contribution in [0.1, 0.15) is 42.2 Å². The summed E-state index contributed by atoms with van der Waals surface area (Å²) in [6.07, 6.45) is 3.95. The van der Waals surface area contributed by atoms with Gasteiger partial charge in [-0.25, -0.2) is 4.39 Å². The van der Waals surface area contributed by atoms with Crippen molar-refractivity contribution in [1.29, 1.82) is 0 Å². The number of hydrogen-bond acceptors (Lipinski definition) is 7. The zero-order valence-electron chi connectivity index (χ0n) is 20.9. The maximum atomic E-state index is 14.5. The molecule has 3 N–H and O–H groups in total. The molecule has 0 bridgehead atoms. The highest BCUT2D eigenvalue weighted by Crippen LogP contribution is 2.51. The minimum absolute atomic E-state index is 0.0625. The molecule has 2 fully saturated rings. The lowest BCUT2D eigenvalue weighted by Crippen LogP contribution is -2.44. The molecule has 194 valence electrons. The van der Waals surface area contributed by atoms with Crippen LogP contribution in [0, 0.1) is 5.82 Å². The molecule has 1 aromatic carbocycles. The Morgan fingerprint density at radius 2 is 2.16 bits per heavy atom. The van der Waals surface area contributed by atoms with E-state index in [1.807, 2.05) is 19.9 Å². The van der Waals surface area contributed by atoms with Crippen LogP contribution in [0.3, 0.4) is 0 Å². The van der Waals surface area contributed by atoms with E-state index in [1.54, 1.807) is 24.5 Å². The number of para-hydroxylation sites is 1. The number of ether oxygens (including phenoxy) is 4. The number of methoxy groups -OCH3 is 1. The number of anilines is 2. The molecule has 9 nitrogen and oxygen atoms in total. The predicted molar refractivity (Wildman–Crippen MR) is 134 cm³/mol. The number of fused-ring (bicyclic) bond motifs is 3. The van der Waals surface area contributed by atoms with E-state index in [0.29, 0.717) is 47.2 Å². The summed E-state index contributed by atoms with van der Waals surface area (Å²) in [6.45, 7) is 5.15. The predicted octanol–water partition coefficient (Wildman–Crippen LogP) is 4.14. The van der Waals surface area contributed by atoms with Gasteiger partial charge >= 0.3 is 0 Å². The Bertz CT molecular complexity index is 1350. The number of nitrogens with zero attached hydrogens (tertiary/aromatic N) is 1. The van der Waals surface area contributed by atoms with Crippen molar-refractivity contribution in [2.45, 2.75) is 43.9 Å². The van der Waals surface area contributed by atoms with Crippen LogP contribution in [-0.4, -0.2) is 60.6 Å². The Labute approximate surface area is 213 Å². The van der Waals surface area contributed by atoms with Crippen molar-refractivity contribution in [2.24, 2.45) is 0 Å². The first-order valence-electron chi connectivity index (χ1n) is 12.3. The number of pyridine rings is 1. The summed E-state index contributed by atoms with van der Waals surface area (Å²) in [5, 5.41) is 6.32. The van der Waals surface area contributed by atoms with Gasteiger partial charge in [-0.1, -0.05) is 6.07 Å². The average Bonchev–Trinajstić information content (AvgIpc) is 3.55. The Kier molecular flexibility index (Phi) is 5.80. The molecule has 0 radical (unpaired) electrons. The molecule has 3 atom stereocenters. The van der Waals surface area contributed by atoms with Gasteiger partial charge in [0.05, 0.1) is 54.8 Å². The Morgan fingerprint density at radius 1 is 1.30 bits per heavy atom. The van der Waals surface area contributed by atoms with E-state index in [0.717, 1.165) is 12.1 Å². The molecule has 6 rings (SSSR count). The van der Waals surface area contributed by atoms with Gasteiger partial charge in [-0.2, -0.15) is 0 Å². The normalized spacial score (nSPS) is 23.5. The summed E-state index contributed by atoms with van der Waals surface area (Å²) in [5.41, 5.74) is 3.34. The van der Waals surface area contributed by atoms with E-state index in [4.69, 9.17) is 18.9 Å². The SMILES string of the molecule is COc1c(F)cccc1Nc1c(-c2ccncc2OCC2COC(C)(C)CO2)[nH]c2c1C(=O)NC1CC21. The molecule has 37 heavy (non-hydrogen) atoms. The Hall–Kier alpha value is -3.63. The fourth-order valence-electron chi connectivity index (χ4n) is 4.93. The zero-order valence-corrected chi connectivity index (χ0v) is 20.9. The highest BCUT2D eigenvalue weighted by Gasteiger charge is 2.48. The fraction of sp³-hybridized carbons (Fsp3) is 0.407. The lowest BCUT2D eigenvalue weighted by Gasteiger charge is -2.34. The van der Waals surface area contributed by atoms with E-state index in [2.05, 4.69) is 20.6 Å². The number of aromatic amines is 1. The molecule has 1 saturated heterocycles. The van der Waals surface area contributed by atoms with Gasteiger partial charge in [0.15, 0.2) is 11.6 Å². The van der Waals surface area contributed by atoms with Crippen molar-refractivity contribution in [3.63, 3.8) is 0 Å². The largest absolute Gasteiger partial charge is 0.492 e. The Morgan fingerprint density at radius 3 is 2.95 bits per heavy atom. The second-order valence-corrected chi connectivity index (χ2v) is 10.2. The maximum Gasteiger partial charge on any atom is 0.255 e. The van der Waals surface area contributed by atoms with Crippen LogP contribution in [0.25, 0.3) is 11.3 Å². The van der Waals surface area contributed by atoms with E-state index in [9.17, 15) is 9.18 Å². The number of carbonyl (C=O) groups excluding carboxylic acids is 1. The number of rotatable bonds is 7. The number of H-pyrrole nitrogens is 1. The number of aromatic nitrogens is 2. The molecule has 1 aliphatic carbocycles. The molecule has 2 aliphatic heterocycles. The highest BCUT2D eigenvalue weighted by atomic mass is 19.1. The fourth-order valence-corrected chi connectivity index (χ4v) is 4.93. The van der Waals surface area contributed by atoms with Gasteiger partial charge in [-0.05, 0) is 38.5 Å². The van der Waals surface area contributed by atoms with Crippen molar-refractivity contribution in [1.82, 2.24) is 15.3 Å². The molecule has 4 heterocycles. The lowest BCUT2D eigenvalue weighted by atomic mass is 10.0. The van der Waals surface area contributed by atoms with Crippen molar-refractivity contribution in [3.05, 3.63) is 53.7 Å². The number of benzene rings is 1. The monoisotopic (exact) mass is 508 g/mol. The van der Waals surface area contributed by atoms with Crippen molar-refractivity contribution in [2.75, 3.05) is 32.2 Å². The standard InChI is InChI=1S/C27H29FN4O5/c1-27(2)13-36-14(12-37-27)11-35-20-10-29-8-7-15(20)23-24(30-18-6-4-5-17(28)25(18)34-3)21-22(32-23)16-9-19(16)31-26(21)33/h4-8,10,14,16,19,30,32H,9,11-13H2,1-3H3,(H,31,33). The number of carbonyl (C=O) groups is 1. The van der Waals surface area contributed by atoms with Gasteiger partial charge in [0.2, 0.25) is 0 Å². The van der Waals surface area contributed by atoms with E-state index in [1.165, 1.54) is 13.2 Å². The maximum absolute atomic E-state index is 14.5. The van der Waals surface area contributed by atoms with Crippen molar-refractivity contribution >= 4 is 17.3 Å². The number of nitrogens with one attached hydrogen (secondary N) is 3. The second kappa shape index (κ2) is 9.04. The van der Waals surface area contributed by atoms with Gasteiger partial charge in [0.25, 0.3) is 5.91 Å². The summed E-state index contributed by atoms with van der Waals surface area (Å²) < 4.78 is 37.7.